The molecule has 0 heterocycles. The molecule has 1 unspecified atom stereocenters. The molecule has 0 spiro atoms. The van der Waals surface area contributed by atoms with Gasteiger partial charge in [0.05, 0.1) is 0 Å². The van der Waals surface area contributed by atoms with E-state index in [1.807, 2.05) is 0 Å². The summed E-state index contributed by atoms with van der Waals surface area (Å²) in [5, 5.41) is 30.0. The molecule has 0 aromatic carbocycles. The van der Waals surface area contributed by atoms with Crippen LogP contribution in [0.4, 0.5) is 0 Å². The molecule has 0 aromatic heterocycles. The van der Waals surface area contributed by atoms with Crippen LogP contribution in [0.3, 0.4) is 0 Å². The van der Waals surface area contributed by atoms with Crippen molar-refractivity contribution in [2.45, 2.75) is 26.9 Å². The summed E-state index contributed by atoms with van der Waals surface area (Å²) in [5.74, 6) is 0. The van der Waals surface area contributed by atoms with Gasteiger partial charge in [-0.25, -0.2) is 0 Å². The maximum Gasteiger partial charge on any atom is 0.210 e. The first-order chi connectivity index (χ1) is 4.88. The molecule has 0 aliphatic rings. The smallest absolute Gasteiger partial charge is 0.210 e. The van der Waals surface area contributed by atoms with Gasteiger partial charge >= 0.3 is 0 Å². The van der Waals surface area contributed by atoms with Crippen molar-refractivity contribution in [1.82, 2.24) is 0 Å². The standard InChI is InChI=1S/C6H14N2O3/c1-6(2,3)5(9)4-8(11)7-10/h5,9-10H,4H2,1-3H3. The van der Waals surface area contributed by atoms with E-state index in [9.17, 15) is 10.3 Å². The van der Waals surface area contributed by atoms with Crippen LogP contribution >= 0.6 is 0 Å². The van der Waals surface area contributed by atoms with Gasteiger partial charge in [-0.2, -0.15) is 0 Å². The number of hydrogen-bond acceptors (Lipinski definition) is 3. The summed E-state index contributed by atoms with van der Waals surface area (Å²) in [7, 11) is 0. The van der Waals surface area contributed by atoms with E-state index in [1.165, 1.54) is 0 Å². The van der Waals surface area contributed by atoms with Crippen molar-refractivity contribution in [3.05, 3.63) is 5.21 Å². The fraction of sp³-hybridized carbons (Fsp3) is 1.00. The van der Waals surface area contributed by atoms with Gasteiger partial charge in [0.25, 0.3) is 0 Å². The minimum atomic E-state index is -0.795. The van der Waals surface area contributed by atoms with E-state index >= 15 is 0 Å². The molecule has 0 saturated carbocycles. The van der Waals surface area contributed by atoms with Gasteiger partial charge in [0.15, 0.2) is 5.28 Å². The normalized spacial score (nSPS) is 16.5. The molecule has 0 radical (unpaired) electrons. The lowest BCUT2D eigenvalue weighted by atomic mass is 9.89. The molecule has 0 rings (SSSR count). The molecule has 0 saturated heterocycles. The maximum atomic E-state index is 10.4. The van der Waals surface area contributed by atoms with Crippen LogP contribution < -0.4 is 0 Å². The van der Waals surface area contributed by atoms with Crippen molar-refractivity contribution in [2.75, 3.05) is 6.54 Å². The van der Waals surface area contributed by atoms with Crippen LogP contribution in [0.15, 0.2) is 5.28 Å². The number of hydroxylamine groups is 1. The summed E-state index contributed by atoms with van der Waals surface area (Å²) in [6.07, 6.45) is -0.795. The minimum Gasteiger partial charge on any atom is -0.597 e. The van der Waals surface area contributed by atoms with E-state index in [1.54, 1.807) is 20.8 Å². The summed E-state index contributed by atoms with van der Waals surface area (Å²) in [6.45, 7) is 5.18. The molecule has 0 aromatic rings. The highest BCUT2D eigenvalue weighted by atomic mass is 16.6. The molecule has 1 atom stereocenters. The third-order valence-electron chi connectivity index (χ3n) is 1.43. The van der Waals surface area contributed by atoms with E-state index in [-0.39, 0.29) is 16.8 Å². The molecular formula is C6H14N2O3. The lowest BCUT2D eigenvalue weighted by Gasteiger charge is -2.22. The van der Waals surface area contributed by atoms with Crippen LogP contribution in [-0.2, 0) is 0 Å². The Kier molecular flexibility index (Phi) is 3.25. The van der Waals surface area contributed by atoms with Crippen LogP contribution in [0.25, 0.3) is 0 Å². The molecule has 0 bridgehead atoms. The van der Waals surface area contributed by atoms with E-state index in [4.69, 9.17) is 5.21 Å². The van der Waals surface area contributed by atoms with Gasteiger partial charge in [-0.05, 0) is 5.41 Å². The summed E-state index contributed by atoms with van der Waals surface area (Å²) < 4.78 is 0. The molecule has 5 nitrogen and oxygen atoms in total. The summed E-state index contributed by atoms with van der Waals surface area (Å²) >= 11 is 0. The zero-order valence-electron chi connectivity index (χ0n) is 6.98. The van der Waals surface area contributed by atoms with Crippen LogP contribution in [0.2, 0.25) is 0 Å². The molecule has 0 aliphatic carbocycles. The van der Waals surface area contributed by atoms with Gasteiger partial charge in [-0.3, -0.25) is 0 Å². The van der Waals surface area contributed by atoms with Crippen molar-refractivity contribution < 1.29 is 15.2 Å². The third-order valence-corrected chi connectivity index (χ3v) is 1.43. The van der Waals surface area contributed by atoms with Gasteiger partial charge in [0, 0.05) is 0 Å². The number of rotatable bonds is 2. The highest BCUT2D eigenvalue weighted by Crippen LogP contribution is 2.18. The monoisotopic (exact) mass is 162 g/mol. The highest BCUT2D eigenvalue weighted by molar-refractivity contribution is 4.70. The van der Waals surface area contributed by atoms with Gasteiger partial charge < -0.3 is 15.5 Å². The summed E-state index contributed by atoms with van der Waals surface area (Å²) in [4.78, 5) is 0.0515. The molecule has 0 fully saturated rings. The van der Waals surface area contributed by atoms with Crippen molar-refractivity contribution in [1.29, 1.82) is 0 Å². The Balaban J connectivity index is 3.98. The van der Waals surface area contributed by atoms with E-state index in [0.717, 1.165) is 0 Å². The number of aliphatic hydroxyl groups is 1. The van der Waals surface area contributed by atoms with Crippen molar-refractivity contribution in [2.24, 2.45) is 10.7 Å². The zero-order chi connectivity index (χ0) is 9.07. The first kappa shape index (κ1) is 10.2. The Labute approximate surface area is 65.5 Å². The molecule has 66 valence electrons. The lowest BCUT2D eigenvalue weighted by Crippen LogP contribution is -2.33. The SMILES string of the molecule is CC(C)(C)C(O)C[N+]([O-])=NO. The predicted octanol–water partition coefficient (Wildman–Crippen LogP) is 0.745. The van der Waals surface area contributed by atoms with Crippen LogP contribution in [0.5, 0.6) is 0 Å². The molecule has 11 heavy (non-hydrogen) atoms. The number of nitrogens with zero attached hydrogens (tertiary/aromatic N) is 2. The zero-order valence-corrected chi connectivity index (χ0v) is 6.98. The van der Waals surface area contributed by atoms with Gasteiger partial charge in [-0.15, -0.1) is 0 Å². The summed E-state index contributed by atoms with van der Waals surface area (Å²) in [6, 6.07) is 0. The summed E-state index contributed by atoms with van der Waals surface area (Å²) in [5.41, 5.74) is -0.368. The number of aliphatic hydroxyl groups excluding tert-OH is 1. The van der Waals surface area contributed by atoms with Crippen molar-refractivity contribution in [3.63, 3.8) is 0 Å². The first-order valence-electron chi connectivity index (χ1n) is 3.35. The fourth-order valence-corrected chi connectivity index (χ4v) is 0.458. The second kappa shape index (κ2) is 3.52. The third kappa shape index (κ3) is 3.77. The molecule has 2 N–H and O–H groups in total. The Morgan fingerprint density at radius 2 is 2.00 bits per heavy atom. The average Bonchev–Trinajstić information content (AvgIpc) is 1.85. The van der Waals surface area contributed by atoms with Gasteiger partial charge in [0.2, 0.25) is 6.54 Å². The largest absolute Gasteiger partial charge is 0.597 e. The Bertz CT molecular complexity index is 150. The van der Waals surface area contributed by atoms with Crippen LogP contribution in [0, 0.1) is 10.6 Å². The maximum absolute atomic E-state index is 10.4. The Hall–Kier alpha value is -0.840. The Morgan fingerprint density at radius 3 is 2.27 bits per heavy atom. The lowest BCUT2D eigenvalue weighted by molar-refractivity contribution is -0.565. The second-order valence-electron chi connectivity index (χ2n) is 3.51. The van der Waals surface area contributed by atoms with Gasteiger partial charge in [0.1, 0.15) is 6.10 Å². The predicted molar refractivity (Wildman–Crippen MR) is 38.2 cm³/mol. The molecule has 0 aliphatic heterocycles. The quantitative estimate of drug-likeness (QED) is 0.357. The van der Waals surface area contributed by atoms with Crippen molar-refractivity contribution in [3.8, 4) is 0 Å². The van der Waals surface area contributed by atoms with E-state index in [0.29, 0.717) is 0 Å². The molecule has 5 heteroatoms. The highest BCUT2D eigenvalue weighted by Gasteiger charge is 2.25. The van der Waals surface area contributed by atoms with Crippen molar-refractivity contribution >= 4 is 0 Å². The topological polar surface area (TPSA) is 78.9 Å². The second-order valence-corrected chi connectivity index (χ2v) is 3.51. The van der Waals surface area contributed by atoms with E-state index in [2.05, 4.69) is 5.28 Å². The average molecular weight is 162 g/mol. The van der Waals surface area contributed by atoms with Crippen LogP contribution in [-0.4, -0.2) is 27.8 Å². The van der Waals surface area contributed by atoms with Gasteiger partial charge in [-0.1, -0.05) is 25.6 Å². The first-order valence-corrected chi connectivity index (χ1v) is 3.35. The number of hydrogen-bond donors (Lipinski definition) is 2. The molecule has 0 amide bonds. The van der Waals surface area contributed by atoms with E-state index < -0.39 is 6.10 Å². The minimum absolute atomic E-state index is 0.0515. The Morgan fingerprint density at radius 1 is 1.55 bits per heavy atom. The molecular weight excluding hydrogens is 148 g/mol. The van der Waals surface area contributed by atoms with Crippen LogP contribution in [0.1, 0.15) is 20.8 Å². The fourth-order valence-electron chi connectivity index (χ4n) is 0.458.